The lowest BCUT2D eigenvalue weighted by Crippen LogP contribution is -2.25. The molecular formula is C35H47BrS2. The summed E-state index contributed by atoms with van der Waals surface area (Å²) in [5.41, 5.74) is 5.54. The van der Waals surface area contributed by atoms with Gasteiger partial charge in [-0.05, 0) is 101 Å². The molecule has 0 bridgehead atoms. The lowest BCUT2D eigenvalue weighted by molar-refractivity contribution is 0.430. The minimum Gasteiger partial charge on any atom is -0.122 e. The average Bonchev–Trinajstić information content (AvgIpc) is 2.76. The highest BCUT2D eigenvalue weighted by Crippen LogP contribution is 2.50. The topological polar surface area (TPSA) is 0 Å². The first-order chi connectivity index (χ1) is 17.2. The number of allylic oxidation sites excluding steroid dienone is 11. The SMILES string of the molecule is CC(C)(C)C1=CC(=CC(=CC2=CC(C(C)(C)C)SC(C(C)(C)C)=C2)c2ccc(Br)cc2)C=C(C(C)(C)C)S1. The lowest BCUT2D eigenvalue weighted by atomic mass is 9.88. The largest absolute Gasteiger partial charge is 0.122 e. The molecule has 3 heteroatoms. The van der Waals surface area contributed by atoms with Gasteiger partial charge in [0.05, 0.1) is 0 Å². The van der Waals surface area contributed by atoms with Crippen molar-refractivity contribution >= 4 is 45.0 Å². The molecule has 0 aliphatic carbocycles. The third-order valence-corrected chi connectivity index (χ3v) is 11.1. The Labute approximate surface area is 250 Å². The quantitative estimate of drug-likeness (QED) is 0.333. The van der Waals surface area contributed by atoms with Crippen LogP contribution in [0.4, 0.5) is 0 Å². The van der Waals surface area contributed by atoms with Crippen LogP contribution >= 0.6 is 39.5 Å². The van der Waals surface area contributed by atoms with Crippen LogP contribution in [0.3, 0.4) is 0 Å². The number of halogens is 1. The molecule has 1 aromatic carbocycles. The van der Waals surface area contributed by atoms with Crippen molar-refractivity contribution in [1.29, 1.82) is 0 Å². The molecule has 0 nitrogen and oxygen atoms in total. The van der Waals surface area contributed by atoms with Gasteiger partial charge in [-0.25, -0.2) is 0 Å². The Balaban J connectivity index is 2.25. The molecule has 38 heavy (non-hydrogen) atoms. The van der Waals surface area contributed by atoms with Gasteiger partial charge in [0.25, 0.3) is 0 Å². The second-order valence-corrected chi connectivity index (χ2v) is 17.9. The minimum absolute atomic E-state index is 0.101. The molecule has 0 amide bonds. The maximum atomic E-state index is 3.63. The Hall–Kier alpha value is -1.16. The van der Waals surface area contributed by atoms with Gasteiger partial charge < -0.3 is 0 Å². The first kappa shape index (κ1) is 31.4. The minimum atomic E-state index is 0.101. The summed E-state index contributed by atoms with van der Waals surface area (Å²) in [6.07, 6.45) is 14.5. The van der Waals surface area contributed by atoms with Crippen LogP contribution in [-0.2, 0) is 0 Å². The summed E-state index contributed by atoms with van der Waals surface area (Å²) >= 11 is 7.61. The summed E-state index contributed by atoms with van der Waals surface area (Å²) in [6.45, 7) is 27.9. The lowest BCUT2D eigenvalue weighted by Gasteiger charge is -2.35. The molecule has 0 spiro atoms. The predicted molar refractivity (Wildman–Crippen MR) is 179 cm³/mol. The van der Waals surface area contributed by atoms with Gasteiger partial charge >= 0.3 is 0 Å². The van der Waals surface area contributed by atoms with Crippen LogP contribution in [0.25, 0.3) is 5.57 Å². The van der Waals surface area contributed by atoms with Crippen LogP contribution in [0, 0.1) is 21.7 Å². The Bertz CT molecular complexity index is 1190. The van der Waals surface area contributed by atoms with Crippen molar-refractivity contribution in [2.75, 3.05) is 0 Å². The molecule has 1 aromatic rings. The molecule has 1 atom stereocenters. The molecule has 2 aliphatic rings. The van der Waals surface area contributed by atoms with Crippen molar-refractivity contribution < 1.29 is 0 Å². The zero-order valence-corrected chi connectivity index (χ0v) is 28.8. The third kappa shape index (κ3) is 8.42. The maximum Gasteiger partial charge on any atom is 0.0328 e. The van der Waals surface area contributed by atoms with E-state index in [4.69, 9.17) is 0 Å². The van der Waals surface area contributed by atoms with Crippen molar-refractivity contribution in [3.05, 3.63) is 96.6 Å². The summed E-state index contributed by atoms with van der Waals surface area (Å²) in [5, 5.41) is 0.428. The van der Waals surface area contributed by atoms with Crippen molar-refractivity contribution in [2.45, 2.75) is 88.3 Å². The smallest absolute Gasteiger partial charge is 0.0328 e. The monoisotopic (exact) mass is 610 g/mol. The molecule has 0 aromatic heterocycles. The molecule has 0 saturated heterocycles. The van der Waals surface area contributed by atoms with Crippen molar-refractivity contribution in [3.8, 4) is 0 Å². The molecule has 2 aliphatic heterocycles. The zero-order valence-electron chi connectivity index (χ0n) is 25.5. The van der Waals surface area contributed by atoms with Crippen LogP contribution < -0.4 is 0 Å². The van der Waals surface area contributed by atoms with E-state index in [1.807, 2.05) is 23.5 Å². The highest BCUT2D eigenvalue weighted by Gasteiger charge is 2.31. The van der Waals surface area contributed by atoms with E-state index >= 15 is 0 Å². The molecule has 2 heterocycles. The molecule has 1 unspecified atom stereocenters. The highest BCUT2D eigenvalue weighted by atomic mass is 79.9. The second-order valence-electron chi connectivity index (χ2n) is 14.7. The molecule has 0 saturated carbocycles. The number of rotatable bonds is 3. The van der Waals surface area contributed by atoms with Crippen LogP contribution in [0.5, 0.6) is 0 Å². The molecule has 3 rings (SSSR count). The first-order valence-corrected chi connectivity index (χ1v) is 16.1. The van der Waals surface area contributed by atoms with Crippen molar-refractivity contribution in [1.82, 2.24) is 0 Å². The maximum absolute atomic E-state index is 3.63. The van der Waals surface area contributed by atoms with Gasteiger partial charge in [-0.3, -0.25) is 0 Å². The summed E-state index contributed by atoms with van der Waals surface area (Å²) < 4.78 is 1.10. The summed E-state index contributed by atoms with van der Waals surface area (Å²) in [7, 11) is 0. The fourth-order valence-electron chi connectivity index (χ4n) is 4.04. The van der Waals surface area contributed by atoms with Gasteiger partial charge in [-0.15, -0.1) is 11.8 Å². The number of thioether (sulfide) groups is 2. The van der Waals surface area contributed by atoms with E-state index < -0.39 is 0 Å². The summed E-state index contributed by atoms with van der Waals surface area (Å²) in [6, 6.07) is 8.73. The Morgan fingerprint density at radius 3 is 1.66 bits per heavy atom. The molecule has 0 fully saturated rings. The fraction of sp³-hybridized carbons (Fsp3) is 0.486. The summed E-state index contributed by atoms with van der Waals surface area (Å²) in [4.78, 5) is 4.29. The average molecular weight is 612 g/mol. The molecule has 206 valence electrons. The van der Waals surface area contributed by atoms with E-state index in [0.717, 1.165) is 4.47 Å². The Morgan fingerprint density at radius 2 is 1.21 bits per heavy atom. The zero-order chi connectivity index (χ0) is 28.7. The first-order valence-electron chi connectivity index (χ1n) is 13.7. The van der Waals surface area contributed by atoms with Gasteiger partial charge in [-0.2, -0.15) is 0 Å². The predicted octanol–water partition coefficient (Wildman–Crippen LogP) is 12.4. The van der Waals surface area contributed by atoms with E-state index in [9.17, 15) is 0 Å². The Kier molecular flexibility index (Phi) is 9.39. The standard InChI is InChI=1S/C35H47BrS2/c1-32(2,3)28-19-23(20-29(37-28)33(4,5)6)17-26(25-13-15-27(36)16-14-25)18-24-21-30(34(7,8)9)38-31(22-24)35(10,11)12/h13-22,28H,1-12H3. The van der Waals surface area contributed by atoms with Crippen molar-refractivity contribution in [2.24, 2.45) is 21.7 Å². The second kappa shape index (κ2) is 11.4. The Morgan fingerprint density at radius 1 is 0.711 bits per heavy atom. The van der Waals surface area contributed by atoms with Crippen LogP contribution in [0.2, 0.25) is 0 Å². The van der Waals surface area contributed by atoms with Crippen LogP contribution in [0.15, 0.2) is 91.1 Å². The fourth-order valence-corrected chi connectivity index (χ4v) is 6.96. The van der Waals surface area contributed by atoms with E-state index in [2.05, 4.69) is 160 Å². The van der Waals surface area contributed by atoms with Gasteiger partial charge in [0, 0.05) is 9.72 Å². The van der Waals surface area contributed by atoms with Crippen LogP contribution in [-0.4, -0.2) is 5.25 Å². The summed E-state index contributed by atoms with van der Waals surface area (Å²) in [5.74, 6) is 0. The highest BCUT2D eigenvalue weighted by molar-refractivity contribution is 9.10. The van der Waals surface area contributed by atoms with E-state index in [1.165, 1.54) is 37.0 Å². The van der Waals surface area contributed by atoms with E-state index in [-0.39, 0.29) is 21.7 Å². The third-order valence-electron chi connectivity index (χ3n) is 6.60. The van der Waals surface area contributed by atoms with Crippen molar-refractivity contribution in [3.63, 3.8) is 0 Å². The van der Waals surface area contributed by atoms with E-state index in [1.54, 1.807) is 0 Å². The van der Waals surface area contributed by atoms with Gasteiger partial charge in [0.2, 0.25) is 0 Å². The van der Waals surface area contributed by atoms with Crippen LogP contribution in [0.1, 0.15) is 88.6 Å². The molecule has 0 N–H and O–H groups in total. The number of hydrogen-bond donors (Lipinski definition) is 0. The van der Waals surface area contributed by atoms with E-state index in [0.29, 0.717) is 5.25 Å². The normalized spacial score (nSPS) is 20.0. The number of benzene rings is 1. The van der Waals surface area contributed by atoms with Gasteiger partial charge in [0.15, 0.2) is 0 Å². The number of hydrogen-bond acceptors (Lipinski definition) is 2. The van der Waals surface area contributed by atoms with Gasteiger partial charge in [0.1, 0.15) is 0 Å². The molecular weight excluding hydrogens is 564 g/mol. The van der Waals surface area contributed by atoms with Gasteiger partial charge in [-0.1, -0.05) is 129 Å². The molecule has 0 radical (unpaired) electrons.